The highest BCUT2D eigenvalue weighted by atomic mass is 35.5. The highest BCUT2D eigenvalue weighted by Crippen LogP contribution is 2.32. The molecule has 0 saturated carbocycles. The van der Waals surface area contributed by atoms with Crippen molar-refractivity contribution in [2.75, 3.05) is 18.5 Å². The topological polar surface area (TPSA) is 64.4 Å². The Kier molecular flexibility index (Phi) is 3.92. The lowest BCUT2D eigenvalue weighted by Crippen LogP contribution is -2.27. The molecule has 1 aromatic carbocycles. The van der Waals surface area contributed by atoms with Gasteiger partial charge in [0, 0.05) is 14.1 Å². The van der Waals surface area contributed by atoms with Crippen LogP contribution in [0.2, 0.25) is 5.15 Å². The first-order valence-electron chi connectivity index (χ1n) is 5.68. The molecule has 1 aromatic heterocycles. The molecule has 2 rings (SSSR count). The third-order valence-electron chi connectivity index (χ3n) is 2.86. The molecule has 2 aromatic rings. The van der Waals surface area contributed by atoms with Gasteiger partial charge in [-0.15, -0.1) is 0 Å². The molecule has 0 unspecified atom stereocenters. The first-order valence-corrected chi connectivity index (χ1v) is 7.50. The van der Waals surface area contributed by atoms with Gasteiger partial charge in [0.15, 0.2) is 0 Å². The summed E-state index contributed by atoms with van der Waals surface area (Å²) in [6, 6.07) is 6.81. The van der Waals surface area contributed by atoms with Gasteiger partial charge in [0.2, 0.25) is 5.03 Å². The van der Waals surface area contributed by atoms with Crippen LogP contribution in [0.3, 0.4) is 0 Å². The van der Waals surface area contributed by atoms with E-state index in [1.807, 2.05) is 0 Å². The fourth-order valence-electron chi connectivity index (χ4n) is 1.72. The number of imidazole rings is 1. The van der Waals surface area contributed by atoms with E-state index in [1.54, 1.807) is 31.3 Å². The highest BCUT2D eigenvalue weighted by Gasteiger charge is 2.29. The molecule has 0 N–H and O–H groups in total. The van der Waals surface area contributed by atoms with Gasteiger partial charge >= 0.3 is 0 Å². The molecule has 0 aliphatic heterocycles. The molecule has 20 heavy (non-hydrogen) atoms. The average molecular weight is 316 g/mol. The van der Waals surface area contributed by atoms with Crippen LogP contribution in [0.25, 0.3) is 0 Å². The second-order valence-electron chi connectivity index (χ2n) is 4.10. The minimum atomic E-state index is -3.85. The molecule has 108 valence electrons. The number of halogens is 1. The molecule has 0 aliphatic carbocycles. The summed E-state index contributed by atoms with van der Waals surface area (Å²) in [6.45, 7) is 0. The first kappa shape index (κ1) is 14.7. The standard InChI is InChI=1S/C12H14ClN3O3S/c1-15-8-14-12(11(15)13)20(17,18)16(2)9-6-4-5-7-10(9)19-3/h4-8H,1-3H3. The molecular formula is C12H14ClN3O3S. The molecule has 0 saturated heterocycles. The second kappa shape index (κ2) is 5.34. The molecule has 0 fully saturated rings. The van der Waals surface area contributed by atoms with E-state index in [1.165, 1.54) is 25.1 Å². The number of aryl methyl sites for hydroxylation is 1. The zero-order valence-corrected chi connectivity index (χ0v) is 12.8. The second-order valence-corrected chi connectivity index (χ2v) is 6.34. The Hall–Kier alpha value is -1.73. The summed E-state index contributed by atoms with van der Waals surface area (Å²) in [5.41, 5.74) is 0.414. The maximum Gasteiger partial charge on any atom is 0.284 e. The Bertz CT molecular complexity index is 727. The summed E-state index contributed by atoms with van der Waals surface area (Å²) >= 11 is 5.96. The van der Waals surface area contributed by atoms with Crippen molar-refractivity contribution in [3.63, 3.8) is 0 Å². The maximum atomic E-state index is 12.5. The minimum Gasteiger partial charge on any atom is -0.495 e. The number of methoxy groups -OCH3 is 1. The predicted octanol–water partition coefficient (Wildman–Crippen LogP) is 1.91. The molecular weight excluding hydrogens is 302 g/mol. The van der Waals surface area contributed by atoms with Gasteiger partial charge in [-0.25, -0.2) is 4.98 Å². The van der Waals surface area contributed by atoms with E-state index < -0.39 is 10.0 Å². The number of aromatic nitrogens is 2. The lowest BCUT2D eigenvalue weighted by molar-refractivity contribution is 0.416. The average Bonchev–Trinajstić information content (AvgIpc) is 2.78. The van der Waals surface area contributed by atoms with Crippen LogP contribution >= 0.6 is 11.6 Å². The van der Waals surface area contributed by atoms with Gasteiger partial charge in [-0.2, -0.15) is 8.42 Å². The van der Waals surface area contributed by atoms with E-state index >= 15 is 0 Å². The number of rotatable bonds is 4. The van der Waals surface area contributed by atoms with Crippen molar-refractivity contribution in [2.24, 2.45) is 7.05 Å². The Morgan fingerprint density at radius 2 is 2.00 bits per heavy atom. The lowest BCUT2D eigenvalue weighted by Gasteiger charge is -2.20. The van der Waals surface area contributed by atoms with Gasteiger partial charge in [0.25, 0.3) is 10.0 Å². The van der Waals surface area contributed by atoms with Crippen LogP contribution in [-0.2, 0) is 17.1 Å². The summed E-state index contributed by atoms with van der Waals surface area (Å²) in [7, 11) is 0.685. The fraction of sp³-hybridized carbons (Fsp3) is 0.250. The van der Waals surface area contributed by atoms with E-state index in [0.717, 1.165) is 4.31 Å². The highest BCUT2D eigenvalue weighted by molar-refractivity contribution is 7.92. The monoisotopic (exact) mass is 315 g/mol. The van der Waals surface area contributed by atoms with E-state index in [9.17, 15) is 8.42 Å². The number of hydrogen-bond donors (Lipinski definition) is 0. The third-order valence-corrected chi connectivity index (χ3v) is 5.13. The Labute approximate surface area is 122 Å². The van der Waals surface area contributed by atoms with Crippen LogP contribution in [0.1, 0.15) is 0 Å². The maximum absolute atomic E-state index is 12.5. The van der Waals surface area contributed by atoms with Crippen molar-refractivity contribution in [2.45, 2.75) is 5.03 Å². The summed E-state index contributed by atoms with van der Waals surface area (Å²) < 4.78 is 32.8. The number of nitrogens with zero attached hydrogens (tertiary/aromatic N) is 3. The van der Waals surface area contributed by atoms with Crippen molar-refractivity contribution < 1.29 is 13.2 Å². The summed E-state index contributed by atoms with van der Waals surface area (Å²) in [6.07, 6.45) is 1.35. The normalized spacial score (nSPS) is 11.4. The van der Waals surface area contributed by atoms with E-state index in [2.05, 4.69) is 4.98 Å². The Balaban J connectivity index is 2.52. The van der Waals surface area contributed by atoms with Crippen LogP contribution < -0.4 is 9.04 Å². The van der Waals surface area contributed by atoms with Crippen molar-refractivity contribution in [3.8, 4) is 5.75 Å². The third kappa shape index (κ3) is 2.34. The van der Waals surface area contributed by atoms with Crippen molar-refractivity contribution in [3.05, 3.63) is 35.7 Å². The number of benzene rings is 1. The molecule has 0 aliphatic rings. The van der Waals surface area contributed by atoms with E-state index in [4.69, 9.17) is 16.3 Å². The largest absolute Gasteiger partial charge is 0.495 e. The summed E-state index contributed by atoms with van der Waals surface area (Å²) in [5.74, 6) is 0.450. The quantitative estimate of drug-likeness (QED) is 0.864. The molecule has 8 heteroatoms. The van der Waals surface area contributed by atoms with Crippen molar-refractivity contribution >= 4 is 27.3 Å². The molecule has 0 bridgehead atoms. The smallest absolute Gasteiger partial charge is 0.284 e. The summed E-state index contributed by atoms with van der Waals surface area (Å²) in [4.78, 5) is 3.85. The van der Waals surface area contributed by atoms with Crippen molar-refractivity contribution in [1.82, 2.24) is 9.55 Å². The number of ether oxygens (including phenoxy) is 1. The van der Waals surface area contributed by atoms with Gasteiger partial charge in [0.05, 0.1) is 19.1 Å². The Morgan fingerprint density at radius 3 is 2.55 bits per heavy atom. The van der Waals surface area contributed by atoms with Gasteiger partial charge < -0.3 is 9.30 Å². The van der Waals surface area contributed by atoms with Crippen LogP contribution in [0, 0.1) is 0 Å². The van der Waals surface area contributed by atoms with Crippen LogP contribution in [0.4, 0.5) is 5.69 Å². The van der Waals surface area contributed by atoms with Crippen LogP contribution in [0.5, 0.6) is 5.75 Å². The number of hydrogen-bond acceptors (Lipinski definition) is 4. The predicted molar refractivity (Wildman–Crippen MR) is 76.8 cm³/mol. The van der Waals surface area contributed by atoms with Gasteiger partial charge in [-0.05, 0) is 12.1 Å². The number of sulfonamides is 1. The van der Waals surface area contributed by atoms with Crippen molar-refractivity contribution in [1.29, 1.82) is 0 Å². The molecule has 6 nitrogen and oxygen atoms in total. The zero-order valence-electron chi connectivity index (χ0n) is 11.2. The molecule has 0 radical (unpaired) electrons. The minimum absolute atomic E-state index is 0.0618. The first-order chi connectivity index (χ1) is 9.39. The molecule has 1 heterocycles. The zero-order chi connectivity index (χ0) is 14.9. The summed E-state index contributed by atoms with van der Waals surface area (Å²) in [5, 5.41) is -0.123. The van der Waals surface area contributed by atoms with E-state index in [0.29, 0.717) is 11.4 Å². The fourth-order valence-corrected chi connectivity index (χ4v) is 3.31. The molecule has 0 amide bonds. The number of anilines is 1. The van der Waals surface area contributed by atoms with Gasteiger partial charge in [-0.1, -0.05) is 23.7 Å². The Morgan fingerprint density at radius 1 is 1.35 bits per heavy atom. The van der Waals surface area contributed by atoms with Crippen LogP contribution in [-0.4, -0.2) is 32.1 Å². The SMILES string of the molecule is COc1ccccc1N(C)S(=O)(=O)c1ncn(C)c1Cl. The molecule has 0 spiro atoms. The van der Waals surface area contributed by atoms with Gasteiger partial charge in [0.1, 0.15) is 10.9 Å². The van der Waals surface area contributed by atoms with Crippen LogP contribution in [0.15, 0.2) is 35.6 Å². The lowest BCUT2D eigenvalue weighted by atomic mass is 10.3. The molecule has 0 atom stereocenters. The van der Waals surface area contributed by atoms with Gasteiger partial charge in [-0.3, -0.25) is 4.31 Å². The van der Waals surface area contributed by atoms with E-state index in [-0.39, 0.29) is 10.2 Å². The number of para-hydroxylation sites is 2.